The summed E-state index contributed by atoms with van der Waals surface area (Å²) in [6.45, 7) is 7.38. The second kappa shape index (κ2) is 7.94. The van der Waals surface area contributed by atoms with Crippen LogP contribution in [0.2, 0.25) is 0 Å². The molecule has 0 aromatic carbocycles. The van der Waals surface area contributed by atoms with Crippen LogP contribution in [-0.2, 0) is 4.74 Å². The van der Waals surface area contributed by atoms with E-state index in [0.717, 1.165) is 44.0 Å². The molecule has 2 heterocycles. The van der Waals surface area contributed by atoms with E-state index >= 15 is 0 Å². The average Bonchev–Trinajstić information content (AvgIpc) is 2.89. The van der Waals surface area contributed by atoms with Gasteiger partial charge in [0.15, 0.2) is 5.11 Å². The summed E-state index contributed by atoms with van der Waals surface area (Å²) >= 11 is 5.57. The van der Waals surface area contributed by atoms with Crippen molar-refractivity contribution in [1.82, 2.24) is 15.1 Å². The molecule has 2 saturated heterocycles. The van der Waals surface area contributed by atoms with Gasteiger partial charge in [0.05, 0.1) is 5.54 Å². The highest BCUT2D eigenvalue weighted by Crippen LogP contribution is 2.30. The topological polar surface area (TPSA) is 44.8 Å². The first-order valence-electron chi connectivity index (χ1n) is 9.64. The molecule has 0 atom stereocenters. The summed E-state index contributed by atoms with van der Waals surface area (Å²) in [5.41, 5.74) is 1.38. The van der Waals surface area contributed by atoms with Crippen molar-refractivity contribution >= 4 is 23.4 Å². The van der Waals surface area contributed by atoms with Gasteiger partial charge in [-0.15, -0.1) is 0 Å². The molecule has 0 bridgehead atoms. The van der Waals surface area contributed by atoms with Crippen molar-refractivity contribution in [2.45, 2.75) is 70.4 Å². The molecule has 3 rings (SSSR count). The van der Waals surface area contributed by atoms with Crippen LogP contribution >= 0.6 is 12.2 Å². The van der Waals surface area contributed by atoms with Gasteiger partial charge in [-0.25, -0.2) is 4.79 Å². The quantitative estimate of drug-likeness (QED) is 0.611. The predicted octanol–water partition coefficient (Wildman–Crippen LogP) is 3.45. The van der Waals surface area contributed by atoms with Gasteiger partial charge in [-0.05, 0) is 71.0 Å². The van der Waals surface area contributed by atoms with Crippen molar-refractivity contribution in [1.29, 1.82) is 0 Å². The first-order valence-corrected chi connectivity index (χ1v) is 10.0. The van der Waals surface area contributed by atoms with Gasteiger partial charge >= 0.3 is 6.09 Å². The highest BCUT2D eigenvalue weighted by Gasteiger charge is 2.44. The molecule has 3 aliphatic rings. The summed E-state index contributed by atoms with van der Waals surface area (Å²) in [5, 5.41) is 4.28. The maximum Gasteiger partial charge on any atom is 0.410 e. The molecular weight excluding hydrogens is 334 g/mol. The fraction of sp³-hybridized carbons (Fsp3) is 0.789. The van der Waals surface area contributed by atoms with Crippen LogP contribution in [0.5, 0.6) is 0 Å². The summed E-state index contributed by atoms with van der Waals surface area (Å²) in [5.74, 6) is 0. The number of hydrogen-bond donors (Lipinski definition) is 1. The standard InChI is InChI=1S/C19H31N3O2S/c1-19(2)14-24-18(23)22(19)16-9-12-21(13-10-16)17(25)20-11-8-15-6-4-3-5-7-15/h6,16H,3-5,7-14H2,1-2H3,(H,20,25). The number of nitrogens with one attached hydrogen (secondary N) is 1. The minimum Gasteiger partial charge on any atom is -0.447 e. The molecule has 5 nitrogen and oxygen atoms in total. The molecule has 25 heavy (non-hydrogen) atoms. The molecule has 0 aromatic heterocycles. The van der Waals surface area contributed by atoms with E-state index in [0.29, 0.717) is 6.61 Å². The number of hydrogen-bond acceptors (Lipinski definition) is 3. The monoisotopic (exact) mass is 365 g/mol. The average molecular weight is 366 g/mol. The van der Waals surface area contributed by atoms with Crippen molar-refractivity contribution in [2.75, 3.05) is 26.2 Å². The van der Waals surface area contributed by atoms with Crippen molar-refractivity contribution in [3.63, 3.8) is 0 Å². The zero-order chi connectivity index (χ0) is 17.9. The molecule has 0 saturated carbocycles. The van der Waals surface area contributed by atoms with Crippen LogP contribution in [0.25, 0.3) is 0 Å². The van der Waals surface area contributed by atoms with Crippen LogP contribution in [0.3, 0.4) is 0 Å². The fourth-order valence-corrected chi connectivity index (χ4v) is 4.45. The SMILES string of the molecule is CC1(C)COC(=O)N1C1CCN(C(=S)NCCC2=CCCCC2)CC1. The van der Waals surface area contributed by atoms with Gasteiger partial charge in [-0.3, -0.25) is 4.90 Å². The zero-order valence-corrected chi connectivity index (χ0v) is 16.4. The normalized spacial score (nSPS) is 24.1. The van der Waals surface area contributed by atoms with Crippen LogP contribution in [0.1, 0.15) is 58.8 Å². The number of thiocarbonyl (C=S) groups is 1. The molecule has 1 amide bonds. The third-order valence-electron chi connectivity index (χ3n) is 5.62. The molecular formula is C19H31N3O2S. The minimum absolute atomic E-state index is 0.162. The van der Waals surface area contributed by atoms with E-state index in [9.17, 15) is 4.79 Å². The van der Waals surface area contributed by atoms with Crippen LogP contribution in [0, 0.1) is 0 Å². The molecule has 1 aliphatic carbocycles. The second-order valence-electron chi connectivity index (χ2n) is 8.05. The maximum atomic E-state index is 12.0. The van der Waals surface area contributed by atoms with E-state index in [2.05, 4.69) is 30.1 Å². The number of amides is 1. The molecule has 2 aliphatic heterocycles. The highest BCUT2D eigenvalue weighted by molar-refractivity contribution is 7.80. The number of carbonyl (C=O) groups is 1. The number of cyclic esters (lactones) is 1. The lowest BCUT2D eigenvalue weighted by Gasteiger charge is -2.41. The number of carbonyl (C=O) groups excluding carboxylic acids is 1. The van der Waals surface area contributed by atoms with E-state index in [1.165, 1.54) is 25.7 Å². The summed E-state index contributed by atoms with van der Waals surface area (Å²) < 4.78 is 5.25. The number of likely N-dealkylation sites (tertiary alicyclic amines) is 1. The molecule has 0 aromatic rings. The molecule has 0 spiro atoms. The number of rotatable bonds is 4. The van der Waals surface area contributed by atoms with Crippen LogP contribution in [0.15, 0.2) is 11.6 Å². The smallest absolute Gasteiger partial charge is 0.410 e. The Morgan fingerprint density at radius 2 is 2.12 bits per heavy atom. The Labute approximate surface area is 156 Å². The molecule has 0 unspecified atom stereocenters. The van der Waals surface area contributed by atoms with E-state index in [-0.39, 0.29) is 17.7 Å². The Morgan fingerprint density at radius 1 is 1.36 bits per heavy atom. The summed E-state index contributed by atoms with van der Waals surface area (Å²) in [6.07, 6.45) is 10.4. The van der Waals surface area contributed by atoms with E-state index < -0.39 is 0 Å². The van der Waals surface area contributed by atoms with Crippen molar-refractivity contribution in [2.24, 2.45) is 0 Å². The Bertz CT molecular complexity index is 539. The molecule has 0 radical (unpaired) electrons. The molecule has 1 N–H and O–H groups in total. The van der Waals surface area contributed by atoms with Crippen LogP contribution < -0.4 is 5.32 Å². The van der Waals surface area contributed by atoms with Gasteiger partial charge in [-0.1, -0.05) is 11.6 Å². The third-order valence-corrected chi connectivity index (χ3v) is 6.02. The van der Waals surface area contributed by atoms with Crippen LogP contribution in [-0.4, -0.2) is 58.8 Å². The first kappa shape index (κ1) is 18.5. The van der Waals surface area contributed by atoms with E-state index in [4.69, 9.17) is 17.0 Å². The van der Waals surface area contributed by atoms with Gasteiger partial charge in [0, 0.05) is 25.7 Å². The van der Waals surface area contributed by atoms with Crippen molar-refractivity contribution < 1.29 is 9.53 Å². The van der Waals surface area contributed by atoms with Gasteiger partial charge in [0.2, 0.25) is 0 Å². The largest absolute Gasteiger partial charge is 0.447 e. The van der Waals surface area contributed by atoms with E-state index in [1.807, 2.05) is 4.90 Å². The van der Waals surface area contributed by atoms with Gasteiger partial charge in [0.1, 0.15) is 6.61 Å². The summed E-state index contributed by atoms with van der Waals surface area (Å²) in [6, 6.07) is 0.261. The molecule has 6 heteroatoms. The van der Waals surface area contributed by atoms with Gasteiger partial charge < -0.3 is 15.0 Å². The summed E-state index contributed by atoms with van der Waals surface area (Å²) in [4.78, 5) is 16.2. The molecule has 140 valence electrons. The zero-order valence-electron chi connectivity index (χ0n) is 15.6. The van der Waals surface area contributed by atoms with Gasteiger partial charge in [-0.2, -0.15) is 0 Å². The number of piperidine rings is 1. The van der Waals surface area contributed by atoms with Crippen molar-refractivity contribution in [3.05, 3.63) is 11.6 Å². The lowest BCUT2D eigenvalue weighted by molar-refractivity contribution is 0.102. The van der Waals surface area contributed by atoms with E-state index in [1.54, 1.807) is 5.57 Å². The maximum absolute atomic E-state index is 12.0. The third kappa shape index (κ3) is 4.46. The number of ether oxygens (including phenoxy) is 1. The second-order valence-corrected chi connectivity index (χ2v) is 8.43. The Kier molecular flexibility index (Phi) is 5.87. The Morgan fingerprint density at radius 3 is 2.72 bits per heavy atom. The number of allylic oxidation sites excluding steroid dienone is 1. The predicted molar refractivity (Wildman–Crippen MR) is 104 cm³/mol. The van der Waals surface area contributed by atoms with Crippen LogP contribution in [0.4, 0.5) is 4.79 Å². The minimum atomic E-state index is -0.198. The highest BCUT2D eigenvalue weighted by atomic mass is 32.1. The Hall–Kier alpha value is -1.30. The van der Waals surface area contributed by atoms with Crippen molar-refractivity contribution in [3.8, 4) is 0 Å². The summed E-state index contributed by atoms with van der Waals surface area (Å²) in [7, 11) is 0. The lowest BCUT2D eigenvalue weighted by Crippen LogP contribution is -2.54. The fourth-order valence-electron chi connectivity index (χ4n) is 4.17. The first-order chi connectivity index (χ1) is 12.0. The Balaban J connectivity index is 1.41. The lowest BCUT2D eigenvalue weighted by atomic mass is 9.97. The number of nitrogens with zero attached hydrogens (tertiary/aromatic N) is 2. The molecule has 2 fully saturated rings. The van der Waals surface area contributed by atoms with Gasteiger partial charge in [0.25, 0.3) is 0 Å².